The van der Waals surface area contributed by atoms with Gasteiger partial charge in [-0.2, -0.15) is 16.8 Å². The van der Waals surface area contributed by atoms with Crippen LogP contribution in [-0.4, -0.2) is 78.6 Å². The van der Waals surface area contributed by atoms with Crippen LogP contribution >= 0.6 is 0 Å². The van der Waals surface area contributed by atoms with E-state index in [0.717, 1.165) is 0 Å². The van der Waals surface area contributed by atoms with Gasteiger partial charge in [-0.15, -0.1) is 0 Å². The average Bonchev–Trinajstić information content (AvgIpc) is 2.25. The zero-order chi connectivity index (χ0) is 15.7. The normalized spacial score (nSPS) is 36.0. The molecule has 12 nitrogen and oxygen atoms in total. The Labute approximate surface area is 113 Å². The molecule has 0 bridgehead atoms. The van der Waals surface area contributed by atoms with E-state index in [-0.39, 0.29) is 0 Å². The summed E-state index contributed by atoms with van der Waals surface area (Å²) in [7, 11) is -9.89. The van der Waals surface area contributed by atoms with E-state index in [4.69, 9.17) is 9.11 Å². The van der Waals surface area contributed by atoms with Crippen LogP contribution in [0.15, 0.2) is 0 Å². The van der Waals surface area contributed by atoms with Crippen molar-refractivity contribution in [3.63, 3.8) is 0 Å². The number of ether oxygens (including phenoxy) is 1. The molecule has 120 valence electrons. The van der Waals surface area contributed by atoms with Crippen molar-refractivity contribution in [2.24, 2.45) is 0 Å². The van der Waals surface area contributed by atoms with Gasteiger partial charge in [0.25, 0.3) is 0 Å². The molecule has 1 rings (SSSR count). The molecular weight excluding hydrogens is 328 g/mol. The second-order valence-electron chi connectivity index (χ2n) is 3.75. The quantitative estimate of drug-likeness (QED) is 0.309. The van der Waals surface area contributed by atoms with Gasteiger partial charge >= 0.3 is 20.8 Å². The van der Waals surface area contributed by atoms with Gasteiger partial charge in [0.15, 0.2) is 12.4 Å². The van der Waals surface area contributed by atoms with Gasteiger partial charge in [-0.25, -0.2) is 8.37 Å². The van der Waals surface area contributed by atoms with Crippen molar-refractivity contribution in [1.29, 1.82) is 0 Å². The van der Waals surface area contributed by atoms with Crippen LogP contribution in [0.3, 0.4) is 0 Å². The minimum absolute atomic E-state index is 0.966. The zero-order valence-electron chi connectivity index (χ0n) is 9.50. The maximum absolute atomic E-state index is 10.5. The van der Waals surface area contributed by atoms with Crippen LogP contribution in [0.4, 0.5) is 0 Å². The summed E-state index contributed by atoms with van der Waals surface area (Å²) >= 11 is 0. The van der Waals surface area contributed by atoms with Gasteiger partial charge in [-0.05, 0) is 0 Å². The van der Waals surface area contributed by atoms with E-state index < -0.39 is 58.1 Å². The Morgan fingerprint density at radius 1 is 0.950 bits per heavy atom. The summed E-state index contributed by atoms with van der Waals surface area (Å²) in [5, 5.41) is 28.4. The predicted octanol–water partition coefficient (Wildman–Crippen LogP) is -3.57. The first kappa shape index (κ1) is 17.6. The van der Waals surface area contributed by atoms with Gasteiger partial charge in [-0.3, -0.25) is 9.11 Å². The molecule has 1 heterocycles. The van der Waals surface area contributed by atoms with Gasteiger partial charge in [0.05, 0.1) is 6.61 Å². The van der Waals surface area contributed by atoms with Crippen LogP contribution in [-0.2, 0) is 33.9 Å². The lowest BCUT2D eigenvalue weighted by molar-refractivity contribution is -0.279. The molecule has 0 aliphatic carbocycles. The zero-order valence-corrected chi connectivity index (χ0v) is 11.1. The van der Waals surface area contributed by atoms with E-state index in [0.29, 0.717) is 0 Å². The second kappa shape index (κ2) is 6.14. The van der Waals surface area contributed by atoms with Crippen LogP contribution < -0.4 is 0 Å². The summed E-state index contributed by atoms with van der Waals surface area (Å²) in [5.41, 5.74) is 0. The summed E-state index contributed by atoms with van der Waals surface area (Å²) in [6.07, 6.45) is -9.74. The van der Waals surface area contributed by atoms with Crippen molar-refractivity contribution in [3.05, 3.63) is 0 Å². The highest BCUT2D eigenvalue weighted by atomic mass is 32.3. The van der Waals surface area contributed by atoms with Gasteiger partial charge in [-0.1, -0.05) is 0 Å². The fourth-order valence-corrected chi connectivity index (χ4v) is 2.25. The van der Waals surface area contributed by atoms with Gasteiger partial charge in [0.2, 0.25) is 0 Å². The summed E-state index contributed by atoms with van der Waals surface area (Å²) < 4.78 is 70.7. The van der Waals surface area contributed by atoms with E-state index in [2.05, 4.69) is 13.1 Å². The Kier molecular flexibility index (Phi) is 5.41. The SMILES string of the molecule is O=S(=O)(O)OC[C@H]1O[C@H](O)[C@H](OS(=O)(=O)O)[C@@H](O)[C@H]1O. The third-order valence-electron chi connectivity index (χ3n) is 2.28. The topological polar surface area (TPSA) is 197 Å². The molecule has 0 aromatic rings. The first-order valence-corrected chi connectivity index (χ1v) is 7.61. The van der Waals surface area contributed by atoms with E-state index in [1.54, 1.807) is 0 Å². The second-order valence-corrected chi connectivity index (χ2v) is 5.89. The molecule has 5 atom stereocenters. The standard InChI is InChI=1S/C6H12O12S2/c7-3-2(1-16-19(10,11)12)17-6(9)5(4(3)8)18-20(13,14)15/h2-9H,1H2,(H,10,11,12)(H,13,14,15)/t2-,3+,4+,5-,6+/m1/s1. The van der Waals surface area contributed by atoms with E-state index in [1.807, 2.05) is 0 Å². The molecule has 14 heteroatoms. The Balaban J connectivity index is 2.76. The highest BCUT2D eigenvalue weighted by molar-refractivity contribution is 7.81. The molecule has 20 heavy (non-hydrogen) atoms. The lowest BCUT2D eigenvalue weighted by atomic mass is 9.99. The third kappa shape index (κ3) is 5.17. The Morgan fingerprint density at radius 3 is 1.95 bits per heavy atom. The smallest absolute Gasteiger partial charge is 0.387 e. The van der Waals surface area contributed by atoms with Crippen LogP contribution in [0.2, 0.25) is 0 Å². The molecular formula is C6H12O12S2. The Morgan fingerprint density at radius 2 is 1.50 bits per heavy atom. The average molecular weight is 340 g/mol. The minimum atomic E-state index is -5.04. The molecule has 1 saturated heterocycles. The van der Waals surface area contributed by atoms with Crippen molar-refractivity contribution in [1.82, 2.24) is 0 Å². The maximum Gasteiger partial charge on any atom is 0.397 e. The summed E-state index contributed by atoms with van der Waals surface area (Å²) in [4.78, 5) is 0. The van der Waals surface area contributed by atoms with E-state index in [1.165, 1.54) is 0 Å². The molecule has 0 saturated carbocycles. The number of rotatable bonds is 5. The van der Waals surface area contributed by atoms with E-state index >= 15 is 0 Å². The van der Waals surface area contributed by atoms with Gasteiger partial charge in [0.1, 0.15) is 18.3 Å². The van der Waals surface area contributed by atoms with Crippen molar-refractivity contribution in [3.8, 4) is 0 Å². The lowest BCUT2D eigenvalue weighted by Crippen LogP contribution is -2.60. The highest BCUT2D eigenvalue weighted by Crippen LogP contribution is 2.23. The molecule has 0 aromatic heterocycles. The number of aliphatic hydroxyl groups excluding tert-OH is 3. The molecule has 0 aromatic carbocycles. The van der Waals surface area contributed by atoms with Crippen molar-refractivity contribution in [2.45, 2.75) is 30.7 Å². The minimum Gasteiger partial charge on any atom is -0.387 e. The molecule has 5 N–H and O–H groups in total. The first-order valence-electron chi connectivity index (χ1n) is 4.88. The number of hydrogen-bond donors (Lipinski definition) is 5. The molecule has 1 aliphatic heterocycles. The predicted molar refractivity (Wildman–Crippen MR) is 56.8 cm³/mol. The fraction of sp³-hybridized carbons (Fsp3) is 1.00. The number of hydrogen-bond acceptors (Lipinski definition) is 10. The van der Waals surface area contributed by atoms with Crippen LogP contribution in [0.25, 0.3) is 0 Å². The van der Waals surface area contributed by atoms with Crippen molar-refractivity contribution >= 4 is 20.8 Å². The lowest BCUT2D eigenvalue weighted by Gasteiger charge is -2.38. The Bertz CT molecular complexity index is 522. The van der Waals surface area contributed by atoms with Gasteiger partial charge in [0, 0.05) is 0 Å². The van der Waals surface area contributed by atoms with Gasteiger partial charge < -0.3 is 20.1 Å². The fourth-order valence-electron chi connectivity index (χ4n) is 1.46. The largest absolute Gasteiger partial charge is 0.397 e. The molecule has 0 radical (unpaired) electrons. The van der Waals surface area contributed by atoms with Crippen molar-refractivity contribution < 1.29 is 54.4 Å². The number of aliphatic hydroxyl groups is 3. The third-order valence-corrected chi connectivity index (χ3v) is 3.18. The first-order chi connectivity index (χ1) is 8.91. The van der Waals surface area contributed by atoms with Crippen LogP contribution in [0.1, 0.15) is 0 Å². The summed E-state index contributed by atoms with van der Waals surface area (Å²) in [5.74, 6) is 0. The summed E-state index contributed by atoms with van der Waals surface area (Å²) in [6, 6.07) is 0. The van der Waals surface area contributed by atoms with Crippen molar-refractivity contribution in [2.75, 3.05) is 6.61 Å². The Hall–Kier alpha value is -0.420. The van der Waals surface area contributed by atoms with Crippen LogP contribution in [0.5, 0.6) is 0 Å². The molecule has 0 spiro atoms. The molecule has 0 unspecified atom stereocenters. The molecule has 1 fully saturated rings. The van der Waals surface area contributed by atoms with E-state index in [9.17, 15) is 32.2 Å². The molecule has 0 amide bonds. The summed E-state index contributed by atoms with van der Waals surface area (Å²) in [6.45, 7) is -0.966. The maximum atomic E-state index is 10.5. The monoisotopic (exact) mass is 340 g/mol. The molecule has 1 aliphatic rings. The highest BCUT2D eigenvalue weighted by Gasteiger charge is 2.47. The van der Waals surface area contributed by atoms with Crippen LogP contribution in [0, 0.1) is 0 Å².